The highest BCUT2D eigenvalue weighted by molar-refractivity contribution is 7.84. The van der Waals surface area contributed by atoms with Crippen LogP contribution in [0.25, 0.3) is 0 Å². The Morgan fingerprint density at radius 2 is 2.28 bits per heavy atom. The molecule has 0 saturated carbocycles. The molecule has 0 radical (unpaired) electrons. The predicted molar refractivity (Wildman–Crippen MR) is 78.9 cm³/mol. The average molecular weight is 288 g/mol. The molecule has 3 nitrogen and oxygen atoms in total. The van der Waals surface area contributed by atoms with E-state index in [0.29, 0.717) is 12.2 Å². The third-order valence-corrected chi connectivity index (χ3v) is 4.27. The maximum atomic E-state index is 13.6. The van der Waals surface area contributed by atoms with Gasteiger partial charge in [-0.1, -0.05) is 25.2 Å². The fourth-order valence-corrected chi connectivity index (χ4v) is 2.16. The molecule has 1 aromatic rings. The minimum absolute atomic E-state index is 0.0303. The van der Waals surface area contributed by atoms with Gasteiger partial charge in [0.25, 0.3) is 0 Å². The smallest absolute Gasteiger partial charge is 0.135 e. The van der Waals surface area contributed by atoms with E-state index in [4.69, 9.17) is 18.0 Å². The quantitative estimate of drug-likeness (QED) is 0.787. The molecule has 2 unspecified atom stereocenters. The van der Waals surface area contributed by atoms with Gasteiger partial charge in [-0.2, -0.15) is 0 Å². The van der Waals surface area contributed by atoms with E-state index in [1.54, 1.807) is 18.4 Å². The number of benzene rings is 1. The summed E-state index contributed by atoms with van der Waals surface area (Å²) < 4.78 is 24.8. The van der Waals surface area contributed by atoms with Gasteiger partial charge >= 0.3 is 0 Å². The summed E-state index contributed by atoms with van der Waals surface area (Å²) in [5.41, 5.74) is 6.31. The number of nitrogens with one attached hydrogen (secondary N) is 1. The Labute approximate surface area is 114 Å². The van der Waals surface area contributed by atoms with Crippen LogP contribution in [0.15, 0.2) is 18.2 Å². The molecule has 0 amide bonds. The molecule has 1 aromatic carbocycles. The summed E-state index contributed by atoms with van der Waals surface area (Å²) in [5.74, 6) is -0.431. The first-order chi connectivity index (χ1) is 8.43. The van der Waals surface area contributed by atoms with Crippen molar-refractivity contribution < 1.29 is 8.60 Å². The van der Waals surface area contributed by atoms with Crippen LogP contribution < -0.4 is 11.1 Å². The van der Waals surface area contributed by atoms with Crippen LogP contribution in [0.2, 0.25) is 0 Å². The molecule has 0 aliphatic carbocycles. The SMILES string of the molecule is CC(CCNc1cccc(F)c1C(N)=S)S(C)=O. The molecule has 2 atom stereocenters. The third kappa shape index (κ3) is 4.03. The number of nitrogens with two attached hydrogens (primary N) is 1. The Hall–Kier alpha value is -1.01. The second kappa shape index (κ2) is 6.80. The first kappa shape index (κ1) is 15.0. The number of anilines is 1. The molecule has 0 spiro atoms. The Balaban J connectivity index is 2.71. The molecule has 18 heavy (non-hydrogen) atoms. The van der Waals surface area contributed by atoms with Crippen LogP contribution >= 0.6 is 12.2 Å². The molecule has 100 valence electrons. The number of hydrogen-bond donors (Lipinski definition) is 2. The van der Waals surface area contributed by atoms with Crippen LogP contribution in [-0.4, -0.2) is 27.2 Å². The summed E-state index contributed by atoms with van der Waals surface area (Å²) >= 11 is 4.83. The zero-order chi connectivity index (χ0) is 13.7. The van der Waals surface area contributed by atoms with E-state index in [1.165, 1.54) is 6.07 Å². The van der Waals surface area contributed by atoms with Crippen LogP contribution in [0.5, 0.6) is 0 Å². The Bertz CT molecular complexity index is 465. The monoisotopic (exact) mass is 288 g/mol. The average Bonchev–Trinajstić information content (AvgIpc) is 2.28. The van der Waals surface area contributed by atoms with Crippen molar-refractivity contribution in [2.24, 2.45) is 5.73 Å². The van der Waals surface area contributed by atoms with Gasteiger partial charge in [0.05, 0.1) is 5.56 Å². The lowest BCUT2D eigenvalue weighted by Gasteiger charge is -2.13. The van der Waals surface area contributed by atoms with E-state index < -0.39 is 16.6 Å². The van der Waals surface area contributed by atoms with E-state index in [2.05, 4.69) is 5.32 Å². The molecule has 0 bridgehead atoms. The summed E-state index contributed by atoms with van der Waals surface area (Å²) in [6.07, 6.45) is 2.41. The molecule has 0 fully saturated rings. The molecule has 0 saturated heterocycles. The Morgan fingerprint density at radius 3 is 2.83 bits per heavy atom. The summed E-state index contributed by atoms with van der Waals surface area (Å²) in [6, 6.07) is 4.65. The van der Waals surface area contributed by atoms with E-state index in [1.807, 2.05) is 6.92 Å². The molecule has 3 N–H and O–H groups in total. The standard InChI is InChI=1S/C12H17FN2OS2/c1-8(18(2)16)6-7-15-10-5-3-4-9(13)11(10)12(14)17/h3-5,8,15H,6-7H2,1-2H3,(H2,14,17). The van der Waals surface area contributed by atoms with Gasteiger partial charge in [0.15, 0.2) is 0 Å². The second-order valence-electron chi connectivity index (χ2n) is 4.05. The van der Waals surface area contributed by atoms with Crippen molar-refractivity contribution in [3.8, 4) is 0 Å². The maximum Gasteiger partial charge on any atom is 0.135 e. The van der Waals surface area contributed by atoms with Crippen LogP contribution in [0.3, 0.4) is 0 Å². The Morgan fingerprint density at radius 1 is 1.61 bits per heavy atom. The van der Waals surface area contributed by atoms with Gasteiger partial charge in [-0.15, -0.1) is 0 Å². The van der Waals surface area contributed by atoms with Gasteiger partial charge < -0.3 is 11.1 Å². The highest BCUT2D eigenvalue weighted by Crippen LogP contribution is 2.19. The van der Waals surface area contributed by atoms with Crippen molar-refractivity contribution in [1.29, 1.82) is 0 Å². The molecule has 0 aliphatic rings. The van der Waals surface area contributed by atoms with E-state index >= 15 is 0 Å². The fourth-order valence-electron chi connectivity index (χ4n) is 1.50. The van der Waals surface area contributed by atoms with Crippen molar-refractivity contribution in [3.63, 3.8) is 0 Å². The predicted octanol–water partition coefficient (Wildman–Crippen LogP) is 2.03. The molecular weight excluding hydrogens is 271 g/mol. The van der Waals surface area contributed by atoms with Gasteiger partial charge in [-0.25, -0.2) is 4.39 Å². The van der Waals surface area contributed by atoms with Crippen molar-refractivity contribution in [2.75, 3.05) is 18.1 Å². The minimum atomic E-state index is -0.851. The van der Waals surface area contributed by atoms with Crippen molar-refractivity contribution >= 4 is 33.7 Å². The highest BCUT2D eigenvalue weighted by atomic mass is 32.2. The van der Waals surface area contributed by atoms with Crippen molar-refractivity contribution in [1.82, 2.24) is 0 Å². The number of rotatable bonds is 6. The molecular formula is C12H17FN2OS2. The second-order valence-corrected chi connectivity index (χ2v) is 6.29. The summed E-state index contributed by atoms with van der Waals surface area (Å²) in [5, 5.41) is 3.18. The van der Waals surface area contributed by atoms with Crippen LogP contribution in [0, 0.1) is 5.82 Å². The number of hydrogen-bond acceptors (Lipinski definition) is 3. The van der Waals surface area contributed by atoms with Gasteiger partial charge in [0.2, 0.25) is 0 Å². The molecule has 1 rings (SSSR count). The van der Waals surface area contributed by atoms with Crippen molar-refractivity contribution in [3.05, 3.63) is 29.6 Å². The first-order valence-corrected chi connectivity index (χ1v) is 7.61. The molecule has 6 heteroatoms. The fraction of sp³-hybridized carbons (Fsp3) is 0.417. The number of thiocarbonyl (C=S) groups is 1. The molecule has 0 aliphatic heterocycles. The normalized spacial score (nSPS) is 13.9. The zero-order valence-electron chi connectivity index (χ0n) is 10.4. The van der Waals surface area contributed by atoms with Gasteiger partial charge in [0, 0.05) is 34.5 Å². The summed E-state index contributed by atoms with van der Waals surface area (Å²) in [4.78, 5) is 0.0303. The lowest BCUT2D eigenvalue weighted by atomic mass is 10.1. The lowest BCUT2D eigenvalue weighted by Crippen LogP contribution is -2.18. The molecule has 0 heterocycles. The topological polar surface area (TPSA) is 55.1 Å². The zero-order valence-corrected chi connectivity index (χ0v) is 12.0. The third-order valence-electron chi connectivity index (χ3n) is 2.69. The highest BCUT2D eigenvalue weighted by Gasteiger charge is 2.11. The summed E-state index contributed by atoms with van der Waals surface area (Å²) in [6.45, 7) is 2.51. The maximum absolute atomic E-state index is 13.6. The minimum Gasteiger partial charge on any atom is -0.389 e. The number of halogens is 1. The van der Waals surface area contributed by atoms with E-state index in [-0.39, 0.29) is 15.8 Å². The van der Waals surface area contributed by atoms with Crippen LogP contribution in [-0.2, 0) is 10.8 Å². The lowest BCUT2D eigenvalue weighted by molar-refractivity contribution is 0.625. The largest absolute Gasteiger partial charge is 0.389 e. The Kier molecular flexibility index (Phi) is 5.68. The van der Waals surface area contributed by atoms with Crippen LogP contribution in [0.4, 0.5) is 10.1 Å². The summed E-state index contributed by atoms with van der Waals surface area (Å²) in [7, 11) is -0.851. The van der Waals surface area contributed by atoms with Gasteiger partial charge in [0.1, 0.15) is 10.8 Å². The van der Waals surface area contributed by atoms with E-state index in [0.717, 1.165) is 6.42 Å². The molecule has 0 aromatic heterocycles. The van der Waals surface area contributed by atoms with Gasteiger partial charge in [-0.3, -0.25) is 4.21 Å². The van der Waals surface area contributed by atoms with E-state index in [9.17, 15) is 8.60 Å². The van der Waals surface area contributed by atoms with Crippen molar-refractivity contribution in [2.45, 2.75) is 18.6 Å². The van der Waals surface area contributed by atoms with Gasteiger partial charge in [-0.05, 0) is 18.6 Å². The van der Waals surface area contributed by atoms with Crippen LogP contribution in [0.1, 0.15) is 18.9 Å². The first-order valence-electron chi connectivity index (χ1n) is 5.58.